The first-order valence-corrected chi connectivity index (χ1v) is 7.64. The molecule has 1 aliphatic rings. The van der Waals surface area contributed by atoms with Crippen molar-refractivity contribution in [1.82, 2.24) is 4.90 Å². The largest absolute Gasteiger partial charge is 0.398 e. The van der Waals surface area contributed by atoms with Gasteiger partial charge in [-0.3, -0.25) is 4.79 Å². The van der Waals surface area contributed by atoms with Crippen molar-refractivity contribution in [2.75, 3.05) is 12.3 Å². The third-order valence-corrected chi connectivity index (χ3v) is 4.34. The van der Waals surface area contributed by atoms with Crippen molar-refractivity contribution in [1.29, 1.82) is 0 Å². The lowest BCUT2D eigenvalue weighted by Gasteiger charge is -2.29. The number of hydrogen-bond donors (Lipinski definition) is 1. The molecule has 1 amide bonds. The van der Waals surface area contributed by atoms with Gasteiger partial charge in [-0.1, -0.05) is 18.2 Å². The number of benzene rings is 2. The molecule has 0 atom stereocenters. The molecular formula is C16H15IN2O. The van der Waals surface area contributed by atoms with Gasteiger partial charge in [-0.15, -0.1) is 0 Å². The summed E-state index contributed by atoms with van der Waals surface area (Å²) in [4.78, 5) is 14.4. The number of anilines is 1. The molecule has 0 fully saturated rings. The summed E-state index contributed by atoms with van der Waals surface area (Å²) in [5, 5.41) is 0. The van der Waals surface area contributed by atoms with E-state index in [-0.39, 0.29) is 5.91 Å². The van der Waals surface area contributed by atoms with Gasteiger partial charge in [-0.05, 0) is 64.4 Å². The van der Waals surface area contributed by atoms with Gasteiger partial charge < -0.3 is 10.6 Å². The zero-order valence-corrected chi connectivity index (χ0v) is 13.1. The maximum absolute atomic E-state index is 12.6. The van der Waals surface area contributed by atoms with Crippen LogP contribution in [0.5, 0.6) is 0 Å². The van der Waals surface area contributed by atoms with Crippen molar-refractivity contribution in [3.63, 3.8) is 0 Å². The second-order valence-corrected chi connectivity index (χ2v) is 6.22. The molecule has 3 nitrogen and oxygen atoms in total. The van der Waals surface area contributed by atoms with E-state index in [1.54, 1.807) is 0 Å². The van der Waals surface area contributed by atoms with Gasteiger partial charge in [0, 0.05) is 27.9 Å². The number of carbonyl (C=O) groups is 1. The first-order valence-electron chi connectivity index (χ1n) is 6.56. The Morgan fingerprint density at radius 1 is 1.20 bits per heavy atom. The van der Waals surface area contributed by atoms with Crippen molar-refractivity contribution >= 4 is 34.2 Å². The molecule has 1 heterocycles. The topological polar surface area (TPSA) is 46.3 Å². The Hall–Kier alpha value is -1.56. The number of nitrogen functional groups attached to an aromatic ring is 1. The third-order valence-electron chi connectivity index (χ3n) is 3.67. The molecule has 4 heteroatoms. The summed E-state index contributed by atoms with van der Waals surface area (Å²) in [5.74, 6) is 0.0809. The molecule has 2 aromatic carbocycles. The van der Waals surface area contributed by atoms with Crippen LogP contribution >= 0.6 is 22.6 Å². The molecule has 0 unspecified atom stereocenters. The summed E-state index contributed by atoms with van der Waals surface area (Å²) in [6, 6.07) is 13.7. The number of halogens is 1. The summed E-state index contributed by atoms with van der Waals surface area (Å²) < 4.78 is 1.07. The molecule has 0 spiro atoms. The van der Waals surface area contributed by atoms with Gasteiger partial charge in [-0.2, -0.15) is 0 Å². The molecule has 2 aromatic rings. The van der Waals surface area contributed by atoms with E-state index in [0.29, 0.717) is 6.54 Å². The second kappa shape index (κ2) is 5.44. The first-order chi connectivity index (χ1) is 9.65. The predicted octanol–water partition coefficient (Wildman–Crippen LogP) is 3.07. The summed E-state index contributed by atoms with van der Waals surface area (Å²) in [6.45, 7) is 1.35. The average molecular weight is 378 g/mol. The van der Waals surface area contributed by atoms with Crippen LogP contribution < -0.4 is 5.73 Å². The van der Waals surface area contributed by atoms with E-state index in [9.17, 15) is 4.79 Å². The van der Waals surface area contributed by atoms with E-state index < -0.39 is 0 Å². The van der Waals surface area contributed by atoms with Gasteiger partial charge in [0.15, 0.2) is 0 Å². The fourth-order valence-electron chi connectivity index (χ4n) is 2.58. The smallest absolute Gasteiger partial charge is 0.254 e. The number of carbonyl (C=O) groups excluding carboxylic acids is 1. The number of hydrogen-bond acceptors (Lipinski definition) is 2. The van der Waals surface area contributed by atoms with Crippen LogP contribution in [0.25, 0.3) is 0 Å². The van der Waals surface area contributed by atoms with E-state index in [4.69, 9.17) is 5.73 Å². The van der Waals surface area contributed by atoms with E-state index in [2.05, 4.69) is 28.7 Å². The number of nitrogens with zero attached hydrogens (tertiary/aromatic N) is 1. The minimum atomic E-state index is 0.0809. The molecule has 0 bridgehead atoms. The lowest BCUT2D eigenvalue weighted by atomic mass is 9.97. The van der Waals surface area contributed by atoms with Gasteiger partial charge in [-0.25, -0.2) is 0 Å². The van der Waals surface area contributed by atoms with Crippen molar-refractivity contribution in [2.24, 2.45) is 0 Å². The van der Waals surface area contributed by atoms with Crippen LogP contribution in [-0.2, 0) is 13.0 Å². The van der Waals surface area contributed by atoms with E-state index in [1.165, 1.54) is 5.56 Å². The molecule has 0 saturated heterocycles. The zero-order chi connectivity index (χ0) is 14.1. The molecular weight excluding hydrogens is 363 g/mol. The number of fused-ring (bicyclic) bond motifs is 1. The SMILES string of the molecule is Nc1cccc2c1CN(C(=O)c1cccc(I)c1)CC2. The monoisotopic (exact) mass is 378 g/mol. The average Bonchev–Trinajstić information content (AvgIpc) is 2.47. The van der Waals surface area contributed by atoms with Crippen LogP contribution in [0.2, 0.25) is 0 Å². The van der Waals surface area contributed by atoms with Crippen LogP contribution in [0.1, 0.15) is 21.5 Å². The lowest BCUT2D eigenvalue weighted by molar-refractivity contribution is 0.0735. The molecule has 0 saturated carbocycles. The fraction of sp³-hybridized carbons (Fsp3) is 0.188. The van der Waals surface area contributed by atoms with Gasteiger partial charge in [0.25, 0.3) is 5.91 Å². The quantitative estimate of drug-likeness (QED) is 0.613. The van der Waals surface area contributed by atoms with Gasteiger partial charge in [0.05, 0.1) is 0 Å². The highest BCUT2D eigenvalue weighted by Gasteiger charge is 2.22. The van der Waals surface area contributed by atoms with E-state index in [1.807, 2.05) is 41.3 Å². The predicted molar refractivity (Wildman–Crippen MR) is 88.5 cm³/mol. The summed E-state index contributed by atoms with van der Waals surface area (Å²) in [5.41, 5.74) is 9.91. The molecule has 3 rings (SSSR count). The Morgan fingerprint density at radius 2 is 2.00 bits per heavy atom. The number of rotatable bonds is 1. The normalized spacial score (nSPS) is 13.9. The van der Waals surface area contributed by atoms with Crippen molar-refractivity contribution < 1.29 is 4.79 Å². The van der Waals surface area contributed by atoms with Crippen LogP contribution in [0.3, 0.4) is 0 Å². The summed E-state index contributed by atoms with van der Waals surface area (Å²) in [6.07, 6.45) is 0.871. The lowest BCUT2D eigenvalue weighted by Crippen LogP contribution is -2.36. The van der Waals surface area contributed by atoms with Crippen molar-refractivity contribution in [3.05, 3.63) is 62.7 Å². The molecule has 0 radical (unpaired) electrons. The Bertz CT molecular complexity index is 669. The Balaban J connectivity index is 1.87. The van der Waals surface area contributed by atoms with Crippen LogP contribution in [0.15, 0.2) is 42.5 Å². The van der Waals surface area contributed by atoms with E-state index in [0.717, 1.165) is 33.4 Å². The Labute approximate surface area is 131 Å². The van der Waals surface area contributed by atoms with Crippen LogP contribution in [0.4, 0.5) is 5.69 Å². The highest BCUT2D eigenvalue weighted by Crippen LogP contribution is 2.25. The molecule has 1 aliphatic heterocycles. The zero-order valence-electron chi connectivity index (χ0n) is 11.0. The van der Waals surface area contributed by atoms with Gasteiger partial charge in [0.1, 0.15) is 0 Å². The van der Waals surface area contributed by atoms with Crippen molar-refractivity contribution in [3.8, 4) is 0 Å². The molecule has 0 aliphatic carbocycles. The van der Waals surface area contributed by atoms with Gasteiger partial charge >= 0.3 is 0 Å². The van der Waals surface area contributed by atoms with E-state index >= 15 is 0 Å². The minimum absolute atomic E-state index is 0.0809. The highest BCUT2D eigenvalue weighted by atomic mass is 127. The van der Waals surface area contributed by atoms with Crippen LogP contribution in [0, 0.1) is 3.57 Å². The first kappa shape index (κ1) is 13.4. The summed E-state index contributed by atoms with van der Waals surface area (Å²) >= 11 is 2.22. The Morgan fingerprint density at radius 3 is 2.80 bits per heavy atom. The maximum Gasteiger partial charge on any atom is 0.254 e. The Kier molecular flexibility index (Phi) is 3.65. The molecule has 20 heavy (non-hydrogen) atoms. The third kappa shape index (κ3) is 2.52. The molecule has 102 valence electrons. The van der Waals surface area contributed by atoms with Gasteiger partial charge in [0.2, 0.25) is 0 Å². The summed E-state index contributed by atoms with van der Waals surface area (Å²) in [7, 11) is 0. The number of nitrogens with two attached hydrogens (primary N) is 1. The minimum Gasteiger partial charge on any atom is -0.398 e. The molecule has 2 N–H and O–H groups in total. The van der Waals surface area contributed by atoms with Crippen molar-refractivity contribution in [2.45, 2.75) is 13.0 Å². The maximum atomic E-state index is 12.6. The second-order valence-electron chi connectivity index (χ2n) is 4.97. The van der Waals surface area contributed by atoms with Crippen LogP contribution in [-0.4, -0.2) is 17.4 Å². The standard InChI is InChI=1S/C16H15IN2O/c17-13-5-1-4-12(9-13)16(20)19-8-7-11-3-2-6-15(18)14(11)10-19/h1-6,9H,7-8,10,18H2. The fourth-order valence-corrected chi connectivity index (χ4v) is 3.13. The molecule has 0 aromatic heterocycles. The number of amides is 1. The highest BCUT2D eigenvalue weighted by molar-refractivity contribution is 14.1.